The fourth-order valence-corrected chi connectivity index (χ4v) is 6.10. The molecule has 0 fully saturated rings. The van der Waals surface area contributed by atoms with Crippen LogP contribution in [0.2, 0.25) is 0 Å². The number of fused-ring (bicyclic) bond motifs is 1. The lowest BCUT2D eigenvalue weighted by atomic mass is 9.80. The van der Waals surface area contributed by atoms with Crippen LogP contribution in [0.4, 0.5) is 0 Å². The molecule has 7 heteroatoms. The zero-order valence-corrected chi connectivity index (χ0v) is 21.3. The largest absolute Gasteiger partial charge is 0.327 e. The monoisotopic (exact) mass is 473 g/mol. The highest BCUT2D eigenvalue weighted by atomic mass is 31.1. The average molecular weight is 473 g/mol. The summed E-state index contributed by atoms with van der Waals surface area (Å²) in [7, 11) is -0.701. The topological polar surface area (TPSA) is 55.8 Å². The third-order valence-corrected chi connectivity index (χ3v) is 7.91. The Morgan fingerprint density at radius 3 is 1.56 bits per heavy atom. The molecule has 32 heavy (non-hydrogen) atoms. The molecule has 0 amide bonds. The Morgan fingerprint density at radius 2 is 1.19 bits per heavy atom. The van der Waals surface area contributed by atoms with Gasteiger partial charge in [-0.3, -0.25) is 13.9 Å². The normalized spacial score (nSPS) is 17.1. The van der Waals surface area contributed by atoms with Gasteiger partial charge < -0.3 is 0 Å². The van der Waals surface area contributed by atoms with Gasteiger partial charge >= 0.3 is 17.4 Å². The number of benzene rings is 2. The molecule has 0 bridgehead atoms. The van der Waals surface area contributed by atoms with Crippen LogP contribution in [-0.2, 0) is 49.0 Å². The number of nitrogens with zero attached hydrogens (tertiary/aromatic N) is 1. The van der Waals surface area contributed by atoms with E-state index in [0.29, 0.717) is 0 Å². The highest BCUT2D eigenvalue weighted by molar-refractivity contribution is 7.17. The molecule has 0 spiro atoms. The standard InChI is InChI=1S/C25H33NO4P2/c1-5-24(6-2)22-14-20(17-29-31-27)21(18-30-32-28)15-23(22)25(7-3,8-4)26(24)16-19-12-10-9-11-13-19/h9-15H,5-8,16-18H2,1-4H3. The van der Waals surface area contributed by atoms with Gasteiger partial charge in [0.25, 0.3) is 0 Å². The second-order valence-corrected chi connectivity index (χ2v) is 9.23. The van der Waals surface area contributed by atoms with Gasteiger partial charge in [-0.2, -0.15) is 0 Å². The Labute approximate surface area is 195 Å². The molecule has 0 aliphatic carbocycles. The van der Waals surface area contributed by atoms with Crippen molar-refractivity contribution in [3.8, 4) is 0 Å². The number of hydrogen-bond donors (Lipinski definition) is 0. The SMILES string of the molecule is CCC1(CC)c2cc(COP=O)c(COP=O)cc2C(CC)(CC)N1Cc1ccccc1. The zero-order chi connectivity index (χ0) is 23.2. The molecular weight excluding hydrogens is 440 g/mol. The van der Waals surface area contributed by atoms with E-state index >= 15 is 0 Å². The van der Waals surface area contributed by atoms with E-state index in [1.165, 1.54) is 16.7 Å². The highest BCUT2D eigenvalue weighted by Gasteiger charge is 2.55. The van der Waals surface area contributed by atoms with Gasteiger partial charge in [0.15, 0.2) is 0 Å². The summed E-state index contributed by atoms with van der Waals surface area (Å²) in [5.41, 5.74) is 5.60. The van der Waals surface area contributed by atoms with Crippen molar-refractivity contribution in [3.63, 3.8) is 0 Å². The molecule has 0 N–H and O–H groups in total. The Kier molecular flexibility index (Phi) is 8.72. The molecule has 0 unspecified atom stereocenters. The smallest absolute Gasteiger partial charge is 0.290 e. The Bertz CT molecular complexity index is 872. The Balaban J connectivity index is 2.24. The van der Waals surface area contributed by atoms with E-state index < -0.39 is 0 Å². The molecular formula is C25H33NO4P2. The molecule has 0 radical (unpaired) electrons. The molecule has 0 saturated heterocycles. The summed E-state index contributed by atoms with van der Waals surface area (Å²) >= 11 is 0. The van der Waals surface area contributed by atoms with E-state index in [0.717, 1.165) is 43.4 Å². The minimum atomic E-state index is -0.350. The van der Waals surface area contributed by atoms with Crippen LogP contribution in [0, 0.1) is 0 Å². The summed E-state index contributed by atoms with van der Waals surface area (Å²) in [6.45, 7) is 10.4. The van der Waals surface area contributed by atoms with E-state index in [1.807, 2.05) is 0 Å². The quantitative estimate of drug-likeness (QED) is 0.296. The van der Waals surface area contributed by atoms with E-state index in [9.17, 15) is 9.13 Å². The first kappa shape index (κ1) is 25.1. The lowest BCUT2D eigenvalue weighted by molar-refractivity contribution is -0.0233. The molecule has 5 nitrogen and oxygen atoms in total. The third kappa shape index (κ3) is 4.34. The van der Waals surface area contributed by atoms with Crippen LogP contribution in [0.3, 0.4) is 0 Å². The number of rotatable bonds is 12. The molecule has 172 valence electrons. The van der Waals surface area contributed by atoms with Crippen molar-refractivity contribution in [2.45, 2.75) is 84.2 Å². The Morgan fingerprint density at radius 1 is 0.750 bits per heavy atom. The van der Waals surface area contributed by atoms with Crippen LogP contribution in [0.15, 0.2) is 42.5 Å². The molecule has 1 heterocycles. The van der Waals surface area contributed by atoms with E-state index in [4.69, 9.17) is 9.05 Å². The first-order chi connectivity index (χ1) is 15.6. The summed E-state index contributed by atoms with van der Waals surface area (Å²) in [5, 5.41) is 0. The predicted molar refractivity (Wildman–Crippen MR) is 128 cm³/mol. The van der Waals surface area contributed by atoms with Crippen molar-refractivity contribution in [2.24, 2.45) is 0 Å². The second-order valence-electron chi connectivity index (χ2n) is 8.41. The molecule has 0 atom stereocenters. The van der Waals surface area contributed by atoms with Crippen molar-refractivity contribution in [3.05, 3.63) is 70.3 Å². The summed E-state index contributed by atoms with van der Waals surface area (Å²) in [6.07, 6.45) is 3.95. The van der Waals surface area contributed by atoms with Crippen molar-refractivity contribution >= 4 is 17.4 Å². The molecule has 2 aromatic carbocycles. The van der Waals surface area contributed by atoms with Crippen molar-refractivity contribution < 1.29 is 18.2 Å². The number of hydrogen-bond acceptors (Lipinski definition) is 5. The maximum absolute atomic E-state index is 11.0. The minimum absolute atomic E-state index is 0.114. The molecule has 3 rings (SSSR count). The van der Waals surface area contributed by atoms with Gasteiger partial charge in [-0.25, -0.2) is 9.13 Å². The highest BCUT2D eigenvalue weighted by Crippen LogP contribution is 2.57. The lowest BCUT2D eigenvalue weighted by Crippen LogP contribution is -2.49. The first-order valence-electron chi connectivity index (χ1n) is 11.4. The molecule has 1 aliphatic heterocycles. The maximum atomic E-state index is 11.0. The summed E-state index contributed by atoms with van der Waals surface area (Å²) in [4.78, 5) is 2.72. The average Bonchev–Trinajstić information content (AvgIpc) is 3.06. The van der Waals surface area contributed by atoms with Crippen molar-refractivity contribution in [1.29, 1.82) is 0 Å². The van der Waals surface area contributed by atoms with E-state index in [2.05, 4.69) is 75.1 Å². The fourth-order valence-electron chi connectivity index (χ4n) is 5.71. The van der Waals surface area contributed by atoms with Crippen LogP contribution >= 0.6 is 17.4 Å². The van der Waals surface area contributed by atoms with Gasteiger partial charge in [0, 0.05) is 17.6 Å². The van der Waals surface area contributed by atoms with E-state index in [1.54, 1.807) is 0 Å². The van der Waals surface area contributed by atoms with Gasteiger partial charge in [0.1, 0.15) is 0 Å². The molecule has 0 saturated carbocycles. The van der Waals surface area contributed by atoms with Crippen LogP contribution < -0.4 is 0 Å². The van der Waals surface area contributed by atoms with Gasteiger partial charge in [-0.15, -0.1) is 0 Å². The van der Waals surface area contributed by atoms with Gasteiger partial charge in [-0.1, -0.05) is 70.2 Å². The maximum Gasteiger partial charge on any atom is 0.327 e. The van der Waals surface area contributed by atoms with E-state index in [-0.39, 0.29) is 41.7 Å². The summed E-state index contributed by atoms with van der Waals surface area (Å²) in [6, 6.07) is 15.1. The minimum Gasteiger partial charge on any atom is -0.290 e. The first-order valence-corrected chi connectivity index (χ1v) is 12.9. The van der Waals surface area contributed by atoms with Gasteiger partial charge in [0.05, 0.1) is 13.2 Å². The molecule has 1 aliphatic rings. The van der Waals surface area contributed by atoms with Gasteiger partial charge in [0.2, 0.25) is 0 Å². The fraction of sp³-hybridized carbons (Fsp3) is 0.520. The van der Waals surface area contributed by atoms with Crippen molar-refractivity contribution in [1.82, 2.24) is 4.90 Å². The van der Waals surface area contributed by atoms with Crippen LogP contribution in [0.1, 0.15) is 81.2 Å². The Hall–Kier alpha value is -1.48. The third-order valence-electron chi connectivity index (χ3n) is 7.44. The lowest BCUT2D eigenvalue weighted by Gasteiger charge is -2.47. The second kappa shape index (κ2) is 11.1. The predicted octanol–water partition coefficient (Wildman–Crippen LogP) is 7.68. The zero-order valence-electron chi connectivity index (χ0n) is 19.5. The summed E-state index contributed by atoms with van der Waals surface area (Å²) < 4.78 is 32.5. The molecule has 2 aromatic rings. The van der Waals surface area contributed by atoms with Crippen LogP contribution in [0.25, 0.3) is 0 Å². The molecule has 0 aromatic heterocycles. The summed E-state index contributed by atoms with van der Waals surface area (Å²) in [5.74, 6) is 0. The van der Waals surface area contributed by atoms with Gasteiger partial charge in [-0.05, 0) is 53.5 Å². The van der Waals surface area contributed by atoms with Crippen molar-refractivity contribution in [2.75, 3.05) is 0 Å². The van der Waals surface area contributed by atoms with Crippen LogP contribution in [0.5, 0.6) is 0 Å². The van der Waals surface area contributed by atoms with Crippen LogP contribution in [-0.4, -0.2) is 4.90 Å².